The van der Waals surface area contributed by atoms with Crippen LogP contribution in [0.5, 0.6) is 0 Å². The van der Waals surface area contributed by atoms with Crippen molar-refractivity contribution in [1.82, 2.24) is 13.7 Å². The molecule has 184 valence electrons. The van der Waals surface area contributed by atoms with Crippen LogP contribution in [0.25, 0.3) is 16.7 Å². The number of nitro benzene ring substituents is 1. The van der Waals surface area contributed by atoms with Crippen molar-refractivity contribution >= 4 is 50.7 Å². The van der Waals surface area contributed by atoms with Gasteiger partial charge in [-0.05, 0) is 66.6 Å². The highest BCUT2D eigenvalue weighted by Gasteiger charge is 2.32. The predicted molar refractivity (Wildman–Crippen MR) is 141 cm³/mol. The molecular weight excluding hydrogens is 584 g/mol. The average molecular weight is 603 g/mol. The summed E-state index contributed by atoms with van der Waals surface area (Å²) in [6.07, 6.45) is 1.24. The van der Waals surface area contributed by atoms with Gasteiger partial charge in [0, 0.05) is 40.0 Å². The van der Waals surface area contributed by atoms with Crippen LogP contribution in [0.3, 0.4) is 0 Å². The second-order valence-electron chi connectivity index (χ2n) is 8.62. The molecule has 2 aromatic heterocycles. The number of hydrogen-bond acceptors (Lipinski definition) is 6. The van der Waals surface area contributed by atoms with Gasteiger partial charge in [0.25, 0.3) is 16.8 Å². The molecule has 10 nitrogen and oxygen atoms in total. The molecule has 0 spiro atoms. The monoisotopic (exact) mass is 603 g/mol. The minimum absolute atomic E-state index is 0.00514. The molecule has 0 saturated heterocycles. The zero-order chi connectivity index (χ0) is 25.9. The lowest BCUT2D eigenvalue weighted by Crippen LogP contribution is -2.42. The quantitative estimate of drug-likeness (QED) is 0.210. The second kappa shape index (κ2) is 8.69. The van der Waals surface area contributed by atoms with E-state index in [1.807, 2.05) is 22.6 Å². The van der Waals surface area contributed by atoms with Crippen LogP contribution in [0.15, 0.2) is 56.8 Å². The van der Waals surface area contributed by atoms with Crippen LogP contribution < -0.4 is 22.1 Å². The molecule has 2 aromatic carbocycles. The molecular formula is C24H19FIN5O5. The fourth-order valence-corrected chi connectivity index (χ4v) is 4.78. The Kier molecular flexibility index (Phi) is 5.77. The third-order valence-electron chi connectivity index (χ3n) is 6.22. The van der Waals surface area contributed by atoms with Gasteiger partial charge in [-0.2, -0.15) is 0 Å². The van der Waals surface area contributed by atoms with Crippen molar-refractivity contribution < 1.29 is 9.31 Å². The number of halogens is 2. The molecule has 12 heteroatoms. The van der Waals surface area contributed by atoms with Gasteiger partial charge >= 0.3 is 5.69 Å². The van der Waals surface area contributed by atoms with Gasteiger partial charge in [0.15, 0.2) is 0 Å². The number of non-ortho nitro benzene ring substituents is 1. The lowest BCUT2D eigenvalue weighted by atomic mass is 10.1. The van der Waals surface area contributed by atoms with Gasteiger partial charge in [-0.25, -0.2) is 13.8 Å². The third-order valence-corrected chi connectivity index (χ3v) is 6.89. The zero-order valence-corrected chi connectivity index (χ0v) is 21.3. The van der Waals surface area contributed by atoms with Crippen molar-refractivity contribution in [2.75, 3.05) is 5.32 Å². The summed E-state index contributed by atoms with van der Waals surface area (Å²) >= 11 is 1.95. The Morgan fingerprint density at radius 3 is 2.47 bits per heavy atom. The van der Waals surface area contributed by atoms with Crippen molar-refractivity contribution in [3.8, 4) is 5.69 Å². The van der Waals surface area contributed by atoms with Gasteiger partial charge < -0.3 is 5.32 Å². The van der Waals surface area contributed by atoms with Crippen molar-refractivity contribution in [3.63, 3.8) is 0 Å². The second-order valence-corrected chi connectivity index (χ2v) is 9.86. The van der Waals surface area contributed by atoms with Crippen LogP contribution in [-0.2, 0) is 7.05 Å². The van der Waals surface area contributed by atoms with Crippen molar-refractivity contribution in [2.24, 2.45) is 7.05 Å². The predicted octanol–water partition coefficient (Wildman–Crippen LogP) is 3.89. The zero-order valence-electron chi connectivity index (χ0n) is 19.1. The molecule has 0 unspecified atom stereocenters. The molecule has 0 radical (unpaired) electrons. The van der Waals surface area contributed by atoms with Gasteiger partial charge in [-0.15, -0.1) is 0 Å². The van der Waals surface area contributed by atoms with E-state index in [4.69, 9.17) is 0 Å². The summed E-state index contributed by atoms with van der Waals surface area (Å²) in [7, 11) is 1.41. The van der Waals surface area contributed by atoms with E-state index >= 15 is 4.39 Å². The summed E-state index contributed by atoms with van der Waals surface area (Å²) in [6, 6.07) is 9.60. The van der Waals surface area contributed by atoms with E-state index in [-0.39, 0.29) is 45.4 Å². The number of anilines is 2. The Morgan fingerprint density at radius 2 is 1.83 bits per heavy atom. The lowest BCUT2D eigenvalue weighted by molar-refractivity contribution is -0.384. The number of fused-ring (bicyclic) bond motifs is 1. The van der Waals surface area contributed by atoms with Crippen LogP contribution in [0.2, 0.25) is 0 Å². The Hall–Kier alpha value is -3.81. The molecule has 1 aliphatic rings. The first-order valence-corrected chi connectivity index (χ1v) is 12.1. The molecule has 1 aliphatic carbocycles. The van der Waals surface area contributed by atoms with Crippen LogP contribution >= 0.6 is 22.6 Å². The molecule has 0 amide bonds. The molecule has 1 saturated carbocycles. The first-order chi connectivity index (χ1) is 17.1. The Morgan fingerprint density at radius 1 is 1.11 bits per heavy atom. The van der Waals surface area contributed by atoms with Crippen molar-refractivity contribution in [3.05, 3.63) is 98.7 Å². The topological polar surface area (TPSA) is 121 Å². The van der Waals surface area contributed by atoms with Crippen LogP contribution in [0, 0.1) is 26.4 Å². The van der Waals surface area contributed by atoms with Crippen LogP contribution in [0.1, 0.15) is 24.4 Å². The van der Waals surface area contributed by atoms with Gasteiger partial charge in [0.2, 0.25) is 0 Å². The molecule has 0 aliphatic heterocycles. The highest BCUT2D eigenvalue weighted by atomic mass is 127. The number of hydrogen-bond donors (Lipinski definition) is 1. The number of aryl methyl sites for hydroxylation is 1. The number of nitrogens with one attached hydrogen (secondary N) is 1. The molecule has 5 rings (SSSR count). The van der Waals surface area contributed by atoms with Crippen molar-refractivity contribution in [1.29, 1.82) is 0 Å². The van der Waals surface area contributed by atoms with E-state index in [1.54, 1.807) is 12.1 Å². The van der Waals surface area contributed by atoms with E-state index in [9.17, 15) is 24.5 Å². The Balaban J connectivity index is 1.93. The fraction of sp³-hybridized carbons (Fsp3) is 0.208. The van der Waals surface area contributed by atoms with E-state index in [2.05, 4.69) is 5.32 Å². The highest BCUT2D eigenvalue weighted by Crippen LogP contribution is 2.34. The van der Waals surface area contributed by atoms with E-state index in [1.165, 1.54) is 44.3 Å². The first-order valence-electron chi connectivity index (χ1n) is 11.0. The molecule has 36 heavy (non-hydrogen) atoms. The Bertz CT molecular complexity index is 1770. The standard InChI is InChI=1S/C24H19FIN5O5/c1-12-20(27-14-4-3-5-16(11-14)31(35)36)19-21(28(2)22(12)32)30(18-9-6-13(26)10-17(18)25)24(34)29(23(19)33)15-7-8-15/h3-6,9-11,15,27H,7-8H2,1-2H3. The summed E-state index contributed by atoms with van der Waals surface area (Å²) in [6.45, 7) is 1.52. The number of aromatic nitrogens is 3. The van der Waals surface area contributed by atoms with Crippen LogP contribution in [0.4, 0.5) is 21.5 Å². The molecule has 1 N–H and O–H groups in total. The van der Waals surface area contributed by atoms with E-state index in [0.29, 0.717) is 16.4 Å². The summed E-state index contributed by atoms with van der Waals surface area (Å²) in [5.41, 5.74) is -1.68. The number of benzene rings is 2. The largest absolute Gasteiger partial charge is 0.354 e. The SMILES string of the molecule is Cc1c(Nc2cccc([N+](=O)[O-])c2)c2c(=O)n(C3CC3)c(=O)n(-c3ccc(I)cc3F)c2n(C)c1=O. The van der Waals surface area contributed by atoms with Gasteiger partial charge in [0.1, 0.15) is 16.9 Å². The maximum atomic E-state index is 15.2. The molecule has 0 bridgehead atoms. The maximum absolute atomic E-state index is 15.2. The minimum atomic E-state index is -0.740. The van der Waals surface area contributed by atoms with Crippen LogP contribution in [-0.4, -0.2) is 18.6 Å². The Labute approximate surface area is 215 Å². The normalized spacial score (nSPS) is 13.2. The lowest BCUT2D eigenvalue weighted by Gasteiger charge is -2.20. The summed E-state index contributed by atoms with van der Waals surface area (Å²) in [5.74, 6) is -0.687. The van der Waals surface area contributed by atoms with Gasteiger partial charge in [0.05, 0.1) is 16.3 Å². The molecule has 4 aromatic rings. The third kappa shape index (κ3) is 3.81. The summed E-state index contributed by atoms with van der Waals surface area (Å²) in [4.78, 5) is 51.3. The molecule has 0 atom stereocenters. The van der Waals surface area contributed by atoms with Gasteiger partial charge in [-0.3, -0.25) is 28.8 Å². The number of rotatable bonds is 5. The van der Waals surface area contributed by atoms with Gasteiger partial charge in [-0.1, -0.05) is 6.07 Å². The van der Waals surface area contributed by atoms with E-state index < -0.39 is 27.5 Å². The first kappa shape index (κ1) is 23.9. The molecule has 2 heterocycles. The summed E-state index contributed by atoms with van der Waals surface area (Å²) in [5, 5.41) is 14.2. The minimum Gasteiger partial charge on any atom is -0.354 e. The summed E-state index contributed by atoms with van der Waals surface area (Å²) < 4.78 is 19.1. The highest BCUT2D eigenvalue weighted by molar-refractivity contribution is 14.1. The molecule has 1 fully saturated rings. The average Bonchev–Trinajstić information content (AvgIpc) is 3.66. The van der Waals surface area contributed by atoms with Crippen molar-refractivity contribution in [2.45, 2.75) is 25.8 Å². The fourth-order valence-electron chi connectivity index (χ4n) is 4.32. The number of nitrogens with zero attached hydrogens (tertiary/aromatic N) is 4. The maximum Gasteiger partial charge on any atom is 0.337 e. The smallest absolute Gasteiger partial charge is 0.337 e. The number of nitro groups is 1. The van der Waals surface area contributed by atoms with E-state index in [0.717, 1.165) is 13.7 Å². The number of pyridine rings is 1.